The Morgan fingerprint density at radius 2 is 1.96 bits per heavy atom. The summed E-state index contributed by atoms with van der Waals surface area (Å²) in [6, 6.07) is 5.98. The van der Waals surface area contributed by atoms with Crippen molar-refractivity contribution in [2.45, 2.75) is 45.9 Å². The van der Waals surface area contributed by atoms with Crippen molar-refractivity contribution in [2.75, 3.05) is 6.54 Å². The number of rotatable bonds is 2. The lowest BCUT2D eigenvalue weighted by atomic mass is 10.1. The van der Waals surface area contributed by atoms with Crippen molar-refractivity contribution >= 4 is 6.09 Å². The molecule has 0 radical (unpaired) electrons. The Hall–Kier alpha value is -2.70. The first-order valence-electron chi connectivity index (χ1n) is 8.52. The van der Waals surface area contributed by atoms with Crippen LogP contribution in [0.4, 0.5) is 9.18 Å². The molecule has 7 heteroatoms. The van der Waals surface area contributed by atoms with Crippen LogP contribution < -0.4 is 5.56 Å². The van der Waals surface area contributed by atoms with E-state index in [1.54, 1.807) is 32.9 Å². The lowest BCUT2D eigenvalue weighted by Gasteiger charge is -2.30. The first-order valence-corrected chi connectivity index (χ1v) is 8.52. The van der Waals surface area contributed by atoms with Gasteiger partial charge < -0.3 is 9.64 Å². The number of aromatic nitrogens is 2. The molecule has 26 heavy (non-hydrogen) atoms. The summed E-state index contributed by atoms with van der Waals surface area (Å²) in [5.74, 6) is -0.322. The Labute approximate surface area is 151 Å². The molecule has 0 aliphatic carbocycles. The lowest BCUT2D eigenvalue weighted by molar-refractivity contribution is 0.0221. The number of amides is 1. The van der Waals surface area contributed by atoms with E-state index in [1.807, 2.05) is 0 Å². The van der Waals surface area contributed by atoms with E-state index in [4.69, 9.17) is 4.74 Å². The maximum Gasteiger partial charge on any atom is 0.410 e. The Bertz CT molecular complexity index is 869. The third-order valence-electron chi connectivity index (χ3n) is 4.11. The van der Waals surface area contributed by atoms with Gasteiger partial charge in [-0.3, -0.25) is 9.36 Å². The fourth-order valence-electron chi connectivity index (χ4n) is 2.83. The van der Waals surface area contributed by atoms with Crippen molar-refractivity contribution in [1.82, 2.24) is 14.5 Å². The molecule has 6 nitrogen and oxygen atoms in total. The fourth-order valence-corrected chi connectivity index (χ4v) is 2.83. The molecule has 0 unspecified atom stereocenters. The van der Waals surface area contributed by atoms with E-state index in [0.29, 0.717) is 30.8 Å². The van der Waals surface area contributed by atoms with E-state index >= 15 is 0 Å². The van der Waals surface area contributed by atoms with Gasteiger partial charge in [0.15, 0.2) is 0 Å². The Morgan fingerprint density at radius 3 is 2.62 bits per heavy atom. The molecule has 0 fully saturated rings. The molecule has 0 saturated carbocycles. The molecule has 1 aromatic heterocycles. The highest BCUT2D eigenvalue weighted by Gasteiger charge is 2.28. The van der Waals surface area contributed by atoms with Gasteiger partial charge in [0.2, 0.25) is 0 Å². The molecule has 1 aliphatic rings. The van der Waals surface area contributed by atoms with E-state index in [0.717, 1.165) is 5.56 Å². The molecular formula is C19H22FN3O3. The molecule has 3 rings (SSSR count). The number of fused-ring (bicyclic) bond motifs is 1. The summed E-state index contributed by atoms with van der Waals surface area (Å²) in [5.41, 5.74) is 1.24. The third kappa shape index (κ3) is 4.09. The zero-order valence-corrected chi connectivity index (χ0v) is 15.2. The smallest absolute Gasteiger partial charge is 0.410 e. The Morgan fingerprint density at radius 1 is 1.27 bits per heavy atom. The highest BCUT2D eigenvalue weighted by Crippen LogP contribution is 2.17. The molecular weight excluding hydrogens is 337 g/mol. The fraction of sp³-hybridized carbons (Fsp3) is 0.421. The quantitative estimate of drug-likeness (QED) is 0.827. The predicted molar refractivity (Wildman–Crippen MR) is 94.3 cm³/mol. The van der Waals surface area contributed by atoms with Gasteiger partial charge >= 0.3 is 6.09 Å². The molecule has 0 spiro atoms. The van der Waals surface area contributed by atoms with Gasteiger partial charge in [0.1, 0.15) is 11.4 Å². The minimum Gasteiger partial charge on any atom is -0.444 e. The summed E-state index contributed by atoms with van der Waals surface area (Å²) >= 11 is 0. The zero-order valence-electron chi connectivity index (χ0n) is 15.2. The number of carbonyl (C=O) groups is 1. The SMILES string of the molecule is CC(C)(C)OC(=O)N1CCc2ncn(Cc3ccc(F)cc3)c(=O)c2C1. The standard InChI is InChI=1S/C19H22FN3O3/c1-19(2,3)26-18(25)22-9-8-16-15(11-22)17(24)23(12-21-16)10-13-4-6-14(20)7-5-13/h4-7,12H,8-11H2,1-3H3. The minimum absolute atomic E-state index is 0.181. The molecule has 0 atom stereocenters. The van der Waals surface area contributed by atoms with Crippen molar-refractivity contribution < 1.29 is 13.9 Å². The van der Waals surface area contributed by atoms with E-state index in [-0.39, 0.29) is 17.9 Å². The average molecular weight is 359 g/mol. The number of hydrogen-bond acceptors (Lipinski definition) is 4. The summed E-state index contributed by atoms with van der Waals surface area (Å²) in [7, 11) is 0. The average Bonchev–Trinajstić information content (AvgIpc) is 2.57. The molecule has 1 aromatic carbocycles. The summed E-state index contributed by atoms with van der Waals surface area (Å²) in [6.45, 7) is 6.36. The third-order valence-corrected chi connectivity index (χ3v) is 4.11. The van der Waals surface area contributed by atoms with E-state index in [9.17, 15) is 14.0 Å². The van der Waals surface area contributed by atoms with Crippen LogP contribution in [0.5, 0.6) is 0 Å². The molecule has 2 heterocycles. The second-order valence-electron chi connectivity index (χ2n) is 7.38. The first kappa shape index (κ1) is 18.1. The van der Waals surface area contributed by atoms with Gasteiger partial charge in [0.25, 0.3) is 5.56 Å². The van der Waals surface area contributed by atoms with Gasteiger partial charge in [-0.1, -0.05) is 12.1 Å². The zero-order chi connectivity index (χ0) is 18.9. The van der Waals surface area contributed by atoms with Crippen LogP contribution in [0.25, 0.3) is 0 Å². The van der Waals surface area contributed by atoms with Gasteiger partial charge in [-0.05, 0) is 38.5 Å². The van der Waals surface area contributed by atoms with Crippen molar-refractivity contribution in [1.29, 1.82) is 0 Å². The summed E-state index contributed by atoms with van der Waals surface area (Å²) in [5, 5.41) is 0. The van der Waals surface area contributed by atoms with Crippen LogP contribution in [0.3, 0.4) is 0 Å². The molecule has 0 N–H and O–H groups in total. The number of halogens is 1. The number of carbonyl (C=O) groups excluding carboxylic acids is 1. The molecule has 0 bridgehead atoms. The van der Waals surface area contributed by atoms with Gasteiger partial charge in [-0.15, -0.1) is 0 Å². The maximum absolute atomic E-state index is 13.0. The predicted octanol–water partition coefficient (Wildman–Crippen LogP) is 2.72. The van der Waals surface area contributed by atoms with Gasteiger partial charge in [0, 0.05) is 13.0 Å². The highest BCUT2D eigenvalue weighted by molar-refractivity contribution is 5.68. The first-order chi connectivity index (χ1) is 12.2. The molecule has 1 aliphatic heterocycles. The Balaban J connectivity index is 1.82. The minimum atomic E-state index is -0.588. The van der Waals surface area contributed by atoms with Gasteiger partial charge in [0.05, 0.1) is 30.7 Å². The number of benzene rings is 1. The number of hydrogen-bond donors (Lipinski definition) is 0. The van der Waals surface area contributed by atoms with Crippen LogP contribution in [0.15, 0.2) is 35.4 Å². The van der Waals surface area contributed by atoms with Crippen molar-refractivity contribution in [3.05, 3.63) is 63.6 Å². The topological polar surface area (TPSA) is 64.4 Å². The normalized spacial score (nSPS) is 14.1. The maximum atomic E-state index is 13.0. The largest absolute Gasteiger partial charge is 0.444 e. The second kappa shape index (κ2) is 6.90. The summed E-state index contributed by atoms with van der Waals surface area (Å²) in [4.78, 5) is 31.0. The Kier molecular flexibility index (Phi) is 4.80. The van der Waals surface area contributed by atoms with E-state index < -0.39 is 11.7 Å². The van der Waals surface area contributed by atoms with Crippen LogP contribution in [-0.4, -0.2) is 32.7 Å². The highest BCUT2D eigenvalue weighted by atomic mass is 19.1. The molecule has 138 valence electrons. The van der Waals surface area contributed by atoms with Crippen LogP contribution in [0.1, 0.15) is 37.6 Å². The molecule has 1 amide bonds. The van der Waals surface area contributed by atoms with Crippen molar-refractivity contribution in [2.24, 2.45) is 0 Å². The van der Waals surface area contributed by atoms with Crippen LogP contribution >= 0.6 is 0 Å². The lowest BCUT2D eigenvalue weighted by Crippen LogP contribution is -2.43. The number of nitrogens with zero attached hydrogens (tertiary/aromatic N) is 3. The summed E-state index contributed by atoms with van der Waals surface area (Å²) in [6.07, 6.45) is 1.59. The van der Waals surface area contributed by atoms with E-state index in [2.05, 4.69) is 4.98 Å². The van der Waals surface area contributed by atoms with Crippen LogP contribution in [0, 0.1) is 5.82 Å². The van der Waals surface area contributed by atoms with Gasteiger partial charge in [-0.25, -0.2) is 14.2 Å². The van der Waals surface area contributed by atoms with Crippen LogP contribution in [0.2, 0.25) is 0 Å². The van der Waals surface area contributed by atoms with Crippen LogP contribution in [-0.2, 0) is 24.2 Å². The summed E-state index contributed by atoms with van der Waals surface area (Å²) < 4.78 is 19.9. The van der Waals surface area contributed by atoms with E-state index in [1.165, 1.54) is 27.9 Å². The van der Waals surface area contributed by atoms with Crippen molar-refractivity contribution in [3.8, 4) is 0 Å². The molecule has 0 saturated heterocycles. The van der Waals surface area contributed by atoms with Gasteiger partial charge in [-0.2, -0.15) is 0 Å². The van der Waals surface area contributed by atoms with Crippen molar-refractivity contribution in [3.63, 3.8) is 0 Å². The number of ether oxygens (including phenoxy) is 1. The monoisotopic (exact) mass is 359 g/mol. The second-order valence-corrected chi connectivity index (χ2v) is 7.38. The molecule has 2 aromatic rings.